The lowest BCUT2D eigenvalue weighted by Gasteiger charge is -2.31. The molecule has 3 unspecified atom stereocenters. The van der Waals surface area contributed by atoms with E-state index in [4.69, 9.17) is 9.94 Å². The van der Waals surface area contributed by atoms with E-state index in [2.05, 4.69) is 11.5 Å². The number of rotatable bonds is 9. The number of aryl methyl sites for hydroxylation is 2. The summed E-state index contributed by atoms with van der Waals surface area (Å²) >= 11 is 0. The lowest BCUT2D eigenvalue weighted by atomic mass is 9.79. The predicted octanol–water partition coefficient (Wildman–Crippen LogP) is 2.93. The molecule has 6 nitrogen and oxygen atoms in total. The highest BCUT2D eigenvalue weighted by Gasteiger charge is 2.44. The monoisotopic (exact) mass is 387 g/mol. The molecule has 2 aliphatic rings. The van der Waals surface area contributed by atoms with E-state index in [1.165, 1.54) is 5.57 Å². The minimum Gasteiger partial charge on any atom is -0.481 e. The maximum absolute atomic E-state index is 10.5. The number of hydrogen-bond acceptors (Lipinski definition) is 5. The minimum absolute atomic E-state index is 0.00651. The van der Waals surface area contributed by atoms with Crippen LogP contribution >= 0.6 is 0 Å². The number of benzene rings is 1. The molecule has 0 saturated heterocycles. The molecule has 0 spiro atoms. The zero-order valence-electron chi connectivity index (χ0n) is 16.4. The van der Waals surface area contributed by atoms with Crippen molar-refractivity contribution in [2.24, 2.45) is 11.8 Å². The van der Waals surface area contributed by atoms with Gasteiger partial charge in [-0.2, -0.15) is 0 Å². The van der Waals surface area contributed by atoms with Gasteiger partial charge in [-0.3, -0.25) is 15.1 Å². The second kappa shape index (κ2) is 8.90. The lowest BCUT2D eigenvalue weighted by molar-refractivity contribution is -0.137. The van der Waals surface area contributed by atoms with Crippen molar-refractivity contribution in [3.63, 3.8) is 0 Å². The van der Waals surface area contributed by atoms with Crippen LogP contribution in [0.25, 0.3) is 0 Å². The fraction of sp³-hybridized carbons (Fsp3) is 0.500. The average molecular weight is 387 g/mol. The van der Waals surface area contributed by atoms with Crippen LogP contribution < -0.4 is 5.48 Å². The van der Waals surface area contributed by atoms with Crippen LogP contribution in [0.15, 0.2) is 41.6 Å². The molecule has 0 bridgehead atoms. The number of carboxylic acid groups (broad SMARTS) is 1. The summed E-state index contributed by atoms with van der Waals surface area (Å²) in [7, 11) is 0. The zero-order chi connectivity index (χ0) is 20.3. The highest BCUT2D eigenvalue weighted by molar-refractivity contribution is 5.66. The Bertz CT molecular complexity index is 785. The lowest BCUT2D eigenvalue weighted by Crippen LogP contribution is -2.29. The van der Waals surface area contributed by atoms with E-state index in [0.29, 0.717) is 19.4 Å². The second-order valence-corrected chi connectivity index (χ2v) is 7.80. The molecule has 4 atom stereocenters. The molecule has 3 rings (SSSR count). The van der Waals surface area contributed by atoms with Crippen molar-refractivity contribution < 1.29 is 25.0 Å². The molecule has 0 heterocycles. The summed E-state index contributed by atoms with van der Waals surface area (Å²) in [5, 5.41) is 29.6. The van der Waals surface area contributed by atoms with E-state index < -0.39 is 18.2 Å². The molecule has 6 heteroatoms. The molecule has 4 N–H and O–H groups in total. The Morgan fingerprint density at radius 2 is 2.14 bits per heavy atom. The molecule has 0 aromatic heterocycles. The summed E-state index contributed by atoms with van der Waals surface area (Å²) in [5.74, 6) is -0.568. The van der Waals surface area contributed by atoms with E-state index in [1.54, 1.807) is 6.08 Å². The summed E-state index contributed by atoms with van der Waals surface area (Å²) in [5.41, 5.74) is 8.18. The van der Waals surface area contributed by atoms with Crippen molar-refractivity contribution in [1.82, 2.24) is 5.48 Å². The van der Waals surface area contributed by atoms with E-state index in [-0.39, 0.29) is 18.3 Å². The number of fused-ring (bicyclic) bond motifs is 1. The van der Waals surface area contributed by atoms with Gasteiger partial charge >= 0.3 is 5.97 Å². The molecule has 1 fully saturated rings. The number of hydroxylamine groups is 1. The molecule has 152 valence electrons. The van der Waals surface area contributed by atoms with Gasteiger partial charge in [0.05, 0.1) is 18.8 Å². The standard InChI is InChI=1S/C22H29NO5/c1-13-5-6-15(14(2)10-13)20(24)8-7-16-17-11-19(18(17)12-21(16)25)23-28-9-3-4-22(26)27/h5-8,10,16-17,20-21,23-25H,3-4,9,11-12H2,1-2H3,(H,26,27)/t16?,17-,20?,21?/m0/s1. The van der Waals surface area contributed by atoms with Crippen molar-refractivity contribution in [2.75, 3.05) is 6.61 Å². The van der Waals surface area contributed by atoms with Crippen LogP contribution in [-0.2, 0) is 9.63 Å². The third kappa shape index (κ3) is 4.63. The normalized spacial score (nSPS) is 24.9. The van der Waals surface area contributed by atoms with Gasteiger partial charge in [-0.25, -0.2) is 0 Å². The third-order valence-electron chi connectivity index (χ3n) is 5.69. The van der Waals surface area contributed by atoms with Crippen LogP contribution in [0.3, 0.4) is 0 Å². The van der Waals surface area contributed by atoms with Gasteiger partial charge in [0.1, 0.15) is 0 Å². The van der Waals surface area contributed by atoms with Crippen molar-refractivity contribution in [2.45, 2.75) is 51.7 Å². The van der Waals surface area contributed by atoms with Gasteiger partial charge in [-0.1, -0.05) is 35.9 Å². The molecule has 1 aromatic rings. The van der Waals surface area contributed by atoms with Crippen molar-refractivity contribution >= 4 is 5.97 Å². The van der Waals surface area contributed by atoms with Crippen LogP contribution in [0.2, 0.25) is 0 Å². The second-order valence-electron chi connectivity index (χ2n) is 7.80. The fourth-order valence-electron chi connectivity index (χ4n) is 4.14. The van der Waals surface area contributed by atoms with Crippen LogP contribution in [0.1, 0.15) is 48.5 Å². The Kier molecular flexibility index (Phi) is 6.54. The maximum atomic E-state index is 10.5. The molecule has 1 aromatic carbocycles. The quantitative estimate of drug-likeness (QED) is 0.295. The van der Waals surface area contributed by atoms with E-state index in [9.17, 15) is 15.0 Å². The first-order chi connectivity index (χ1) is 13.4. The number of carbonyl (C=O) groups is 1. The predicted molar refractivity (Wildman–Crippen MR) is 105 cm³/mol. The molecule has 0 aliphatic heterocycles. The number of aliphatic hydroxyl groups is 2. The number of carboxylic acids is 1. The highest BCUT2D eigenvalue weighted by Crippen LogP contribution is 2.49. The summed E-state index contributed by atoms with van der Waals surface area (Å²) in [6.07, 6.45) is 4.51. The van der Waals surface area contributed by atoms with Crippen molar-refractivity contribution in [3.8, 4) is 0 Å². The highest BCUT2D eigenvalue weighted by atomic mass is 16.6. The first kappa shape index (κ1) is 20.6. The fourth-order valence-corrected chi connectivity index (χ4v) is 4.14. The Morgan fingerprint density at radius 3 is 2.86 bits per heavy atom. The Hall–Kier alpha value is -2.15. The van der Waals surface area contributed by atoms with Crippen LogP contribution in [0.5, 0.6) is 0 Å². The number of aliphatic carboxylic acids is 1. The van der Waals surface area contributed by atoms with Gasteiger partial charge < -0.3 is 15.3 Å². The molecular weight excluding hydrogens is 358 g/mol. The Morgan fingerprint density at radius 1 is 1.36 bits per heavy atom. The molecular formula is C22H29NO5. The van der Waals surface area contributed by atoms with Gasteiger partial charge in [0.25, 0.3) is 0 Å². The number of aliphatic hydroxyl groups excluding tert-OH is 2. The van der Waals surface area contributed by atoms with E-state index >= 15 is 0 Å². The van der Waals surface area contributed by atoms with Crippen molar-refractivity contribution in [1.29, 1.82) is 0 Å². The Balaban J connectivity index is 1.54. The van der Waals surface area contributed by atoms with Crippen LogP contribution in [-0.4, -0.2) is 34.0 Å². The first-order valence-electron chi connectivity index (χ1n) is 9.80. The molecule has 1 saturated carbocycles. The van der Waals surface area contributed by atoms with Crippen molar-refractivity contribution in [3.05, 3.63) is 58.3 Å². The van der Waals surface area contributed by atoms with E-state index in [0.717, 1.165) is 28.8 Å². The summed E-state index contributed by atoms with van der Waals surface area (Å²) in [6, 6.07) is 5.99. The smallest absolute Gasteiger partial charge is 0.303 e. The zero-order valence-corrected chi connectivity index (χ0v) is 16.4. The van der Waals surface area contributed by atoms with Gasteiger partial charge in [0.2, 0.25) is 0 Å². The topological polar surface area (TPSA) is 99.0 Å². The average Bonchev–Trinajstić information content (AvgIpc) is 2.86. The summed E-state index contributed by atoms with van der Waals surface area (Å²) in [6.45, 7) is 4.35. The SMILES string of the molecule is Cc1ccc(C(O)C=CC2C(O)CC3=C(NOCCCC(=O)O)C[C@H]32)c(C)c1. The maximum Gasteiger partial charge on any atom is 0.303 e. The summed E-state index contributed by atoms with van der Waals surface area (Å²) < 4.78 is 0. The molecule has 0 radical (unpaired) electrons. The number of allylic oxidation sites excluding steroid dienone is 1. The van der Waals surface area contributed by atoms with E-state index in [1.807, 2.05) is 32.1 Å². The molecule has 28 heavy (non-hydrogen) atoms. The van der Waals surface area contributed by atoms with Gasteiger partial charge in [0.15, 0.2) is 0 Å². The van der Waals surface area contributed by atoms with Crippen LogP contribution in [0, 0.1) is 25.7 Å². The minimum atomic E-state index is -0.828. The number of nitrogens with one attached hydrogen (secondary N) is 1. The van der Waals surface area contributed by atoms with Crippen LogP contribution in [0.4, 0.5) is 0 Å². The first-order valence-corrected chi connectivity index (χ1v) is 9.80. The third-order valence-corrected chi connectivity index (χ3v) is 5.69. The molecule has 0 amide bonds. The van der Waals surface area contributed by atoms with Gasteiger partial charge in [-0.15, -0.1) is 0 Å². The van der Waals surface area contributed by atoms with Gasteiger partial charge in [-0.05, 0) is 55.7 Å². The Labute approximate surface area is 165 Å². The van der Waals surface area contributed by atoms with Gasteiger partial charge in [0, 0.05) is 18.0 Å². The number of hydrogen-bond donors (Lipinski definition) is 4. The summed E-state index contributed by atoms with van der Waals surface area (Å²) in [4.78, 5) is 15.8. The largest absolute Gasteiger partial charge is 0.481 e. The molecule has 2 aliphatic carbocycles.